The van der Waals surface area contributed by atoms with Gasteiger partial charge in [-0.15, -0.1) is 0 Å². The number of aromatic nitrogens is 1. The average Bonchev–Trinajstić information content (AvgIpc) is 3.36. The van der Waals surface area contributed by atoms with Gasteiger partial charge in [-0.05, 0) is 43.0 Å². The van der Waals surface area contributed by atoms with Crippen LogP contribution in [0, 0.1) is 0 Å². The summed E-state index contributed by atoms with van der Waals surface area (Å²) in [4.78, 5) is 28.4. The van der Waals surface area contributed by atoms with Crippen molar-refractivity contribution in [1.29, 1.82) is 0 Å². The fourth-order valence-electron chi connectivity index (χ4n) is 5.07. The molecule has 1 aliphatic carbocycles. The van der Waals surface area contributed by atoms with Gasteiger partial charge in [0.1, 0.15) is 6.54 Å². The van der Waals surface area contributed by atoms with Crippen LogP contribution in [0.4, 0.5) is 5.69 Å². The van der Waals surface area contributed by atoms with Gasteiger partial charge in [0.25, 0.3) is 5.91 Å². The summed E-state index contributed by atoms with van der Waals surface area (Å²) in [5, 5.41) is 4.27. The first kappa shape index (κ1) is 23.8. The summed E-state index contributed by atoms with van der Waals surface area (Å²) in [7, 11) is 0. The van der Waals surface area contributed by atoms with Crippen LogP contribution in [0.1, 0.15) is 50.2 Å². The van der Waals surface area contributed by atoms with Crippen molar-refractivity contribution in [3.63, 3.8) is 0 Å². The van der Waals surface area contributed by atoms with Crippen LogP contribution in [0.25, 0.3) is 17.0 Å². The highest BCUT2D eigenvalue weighted by atomic mass is 32.2. The fraction of sp³-hybridized carbons (Fsp3) is 0.321. The van der Waals surface area contributed by atoms with Crippen LogP contribution in [0.15, 0.2) is 59.6 Å². The van der Waals surface area contributed by atoms with E-state index < -0.39 is 0 Å². The van der Waals surface area contributed by atoms with Gasteiger partial charge in [0.2, 0.25) is 5.91 Å². The number of aryl methyl sites for hydroxylation is 1. The van der Waals surface area contributed by atoms with Gasteiger partial charge in [0.05, 0.1) is 16.1 Å². The number of hydrogen-bond acceptors (Lipinski definition) is 4. The van der Waals surface area contributed by atoms with Gasteiger partial charge in [-0.2, -0.15) is 0 Å². The average molecular weight is 504 g/mol. The van der Waals surface area contributed by atoms with E-state index >= 15 is 0 Å². The van der Waals surface area contributed by atoms with Crippen LogP contribution < -0.4 is 10.2 Å². The number of carbonyl (C=O) groups excluding carboxylic acids is 2. The third kappa shape index (κ3) is 4.93. The van der Waals surface area contributed by atoms with Crippen LogP contribution >= 0.6 is 24.0 Å². The molecule has 5 nitrogen and oxygen atoms in total. The smallest absolute Gasteiger partial charge is 0.270 e. The molecule has 1 saturated heterocycles. The molecule has 2 aliphatic rings. The zero-order valence-corrected chi connectivity index (χ0v) is 21.5. The lowest BCUT2D eigenvalue weighted by molar-refractivity contribution is -0.122. The zero-order valence-electron chi connectivity index (χ0n) is 19.8. The summed E-state index contributed by atoms with van der Waals surface area (Å²) < 4.78 is 2.56. The lowest BCUT2D eigenvalue weighted by Crippen LogP contribution is -2.38. The number of thioether (sulfide) groups is 1. The van der Waals surface area contributed by atoms with Crippen molar-refractivity contribution in [2.75, 3.05) is 4.90 Å². The molecule has 1 N–H and O–H groups in total. The van der Waals surface area contributed by atoms with Crippen molar-refractivity contribution < 1.29 is 9.59 Å². The highest BCUT2D eigenvalue weighted by Crippen LogP contribution is 2.37. The molecule has 0 spiro atoms. The summed E-state index contributed by atoms with van der Waals surface area (Å²) in [6.07, 6.45) is 10.5. The molecule has 0 radical (unpaired) electrons. The van der Waals surface area contributed by atoms with Crippen LogP contribution in [0.3, 0.4) is 0 Å². The predicted molar refractivity (Wildman–Crippen MR) is 148 cm³/mol. The zero-order chi connectivity index (χ0) is 24.4. The molecule has 0 unspecified atom stereocenters. The SMILES string of the molecule is CCc1cccc2c(/C=C3\SC(=S)N(c4ccccc4)C3=O)cn(CC(=O)NC3CCCCC3)c12. The van der Waals surface area contributed by atoms with Crippen molar-refractivity contribution in [2.45, 2.75) is 58.0 Å². The number of anilines is 1. The minimum atomic E-state index is -0.117. The van der Waals surface area contributed by atoms with Crippen molar-refractivity contribution in [1.82, 2.24) is 9.88 Å². The molecule has 1 aromatic heterocycles. The Morgan fingerprint density at radius 1 is 1.11 bits per heavy atom. The molecule has 7 heteroatoms. The molecule has 2 fully saturated rings. The van der Waals surface area contributed by atoms with E-state index in [0.29, 0.717) is 9.23 Å². The molecule has 2 amide bonds. The quantitative estimate of drug-likeness (QED) is 0.328. The van der Waals surface area contributed by atoms with Gasteiger partial charge in [0.15, 0.2) is 4.32 Å². The van der Waals surface area contributed by atoms with Crippen molar-refractivity contribution in [3.8, 4) is 0 Å². The minimum Gasteiger partial charge on any atom is -0.352 e. The molecule has 0 atom stereocenters. The number of nitrogens with one attached hydrogen (secondary N) is 1. The summed E-state index contributed by atoms with van der Waals surface area (Å²) in [6, 6.07) is 16.0. The third-order valence-corrected chi connectivity index (χ3v) is 8.07. The van der Waals surface area contributed by atoms with Gasteiger partial charge in [-0.3, -0.25) is 14.5 Å². The molecule has 1 aliphatic heterocycles. The minimum absolute atomic E-state index is 0.0432. The Bertz CT molecular complexity index is 1310. The van der Waals surface area contributed by atoms with E-state index in [1.165, 1.54) is 36.6 Å². The van der Waals surface area contributed by atoms with Crippen molar-refractivity contribution in [3.05, 3.63) is 70.8 Å². The first-order valence-corrected chi connectivity index (χ1v) is 13.5. The summed E-state index contributed by atoms with van der Waals surface area (Å²) in [5.74, 6) is -0.0737. The Labute approximate surface area is 215 Å². The number of hydrogen-bond donors (Lipinski definition) is 1. The van der Waals surface area contributed by atoms with Crippen LogP contribution in [0.2, 0.25) is 0 Å². The second-order valence-corrected chi connectivity index (χ2v) is 10.8. The molecule has 2 heterocycles. The highest BCUT2D eigenvalue weighted by molar-refractivity contribution is 8.27. The normalized spacial score (nSPS) is 18.1. The van der Waals surface area contributed by atoms with Crippen LogP contribution in [0.5, 0.6) is 0 Å². The number of nitrogens with zero attached hydrogens (tertiary/aromatic N) is 2. The third-order valence-electron chi connectivity index (χ3n) is 6.77. The monoisotopic (exact) mass is 503 g/mol. The topological polar surface area (TPSA) is 54.3 Å². The molecule has 0 bridgehead atoms. The van der Waals surface area contributed by atoms with Crippen molar-refractivity contribution >= 4 is 62.8 Å². The van der Waals surface area contributed by atoms with E-state index in [1.807, 2.05) is 53.2 Å². The number of benzene rings is 2. The summed E-state index contributed by atoms with van der Waals surface area (Å²) in [6.45, 7) is 2.39. The number of thiocarbonyl (C=S) groups is 1. The van der Waals surface area contributed by atoms with E-state index in [0.717, 1.165) is 41.4 Å². The van der Waals surface area contributed by atoms with Gasteiger partial charge in [0, 0.05) is 23.2 Å². The lowest BCUT2D eigenvalue weighted by atomic mass is 9.95. The maximum Gasteiger partial charge on any atom is 0.270 e. The second-order valence-electron chi connectivity index (χ2n) is 9.13. The first-order chi connectivity index (χ1) is 17.0. The molecule has 180 valence electrons. The Kier molecular flexibility index (Phi) is 7.07. The largest absolute Gasteiger partial charge is 0.352 e. The van der Waals surface area contributed by atoms with Crippen LogP contribution in [-0.2, 0) is 22.6 Å². The van der Waals surface area contributed by atoms with Gasteiger partial charge >= 0.3 is 0 Å². The lowest BCUT2D eigenvalue weighted by Gasteiger charge is -2.23. The maximum atomic E-state index is 13.3. The van der Waals surface area contributed by atoms with E-state index in [-0.39, 0.29) is 24.4 Å². The Balaban J connectivity index is 1.47. The van der Waals surface area contributed by atoms with Gasteiger partial charge in [-0.25, -0.2) is 0 Å². The molecule has 3 aromatic rings. The number of carbonyl (C=O) groups is 2. The standard InChI is InChI=1S/C28H29N3O2S2/c1-2-19-10-9-15-23-20(16-24-27(33)31(28(34)35-24)22-13-7-4-8-14-22)17-30(26(19)23)18-25(32)29-21-11-5-3-6-12-21/h4,7-10,13-17,21H,2-3,5-6,11-12,18H2,1H3,(H,29,32)/b24-16-. The molecule has 2 aromatic carbocycles. The van der Waals surface area contributed by atoms with E-state index in [9.17, 15) is 9.59 Å². The maximum absolute atomic E-state index is 13.3. The predicted octanol–water partition coefficient (Wildman–Crippen LogP) is 6.06. The summed E-state index contributed by atoms with van der Waals surface area (Å²) in [5.41, 5.74) is 3.94. The molecule has 1 saturated carbocycles. The van der Waals surface area contributed by atoms with E-state index in [4.69, 9.17) is 12.2 Å². The van der Waals surface area contributed by atoms with Crippen LogP contribution in [-0.4, -0.2) is 26.7 Å². The molecular formula is C28H29N3O2S2. The van der Waals surface area contributed by atoms with Gasteiger partial charge in [-0.1, -0.05) is 86.6 Å². The number of rotatable bonds is 6. The van der Waals surface area contributed by atoms with Crippen molar-refractivity contribution in [2.24, 2.45) is 0 Å². The van der Waals surface area contributed by atoms with E-state index in [2.05, 4.69) is 24.4 Å². The molecular weight excluding hydrogens is 474 g/mol. The number of fused-ring (bicyclic) bond motifs is 1. The molecule has 5 rings (SSSR count). The number of amides is 2. The Morgan fingerprint density at radius 3 is 2.63 bits per heavy atom. The Hall–Kier alpha value is -2.90. The first-order valence-electron chi connectivity index (χ1n) is 12.3. The summed E-state index contributed by atoms with van der Waals surface area (Å²) >= 11 is 6.85. The molecule has 35 heavy (non-hydrogen) atoms. The highest BCUT2D eigenvalue weighted by Gasteiger charge is 2.33. The number of para-hydroxylation sites is 2. The fourth-order valence-corrected chi connectivity index (χ4v) is 6.36. The Morgan fingerprint density at radius 2 is 1.89 bits per heavy atom. The second kappa shape index (κ2) is 10.4. The van der Waals surface area contributed by atoms with Gasteiger partial charge < -0.3 is 9.88 Å². The van der Waals surface area contributed by atoms with E-state index in [1.54, 1.807) is 4.90 Å².